The standard InChI is InChI=1S/C16H24N6OS/c1-22(16(23)18-8-7-11-10-24-15(17)19-11)9-14-12-5-3-2-4-6-13(12)20-21-14/h10H,2-9H2,1H3,(H2,17,19)(H,18,23)(H,20,21). The molecule has 0 saturated carbocycles. The Bertz CT molecular complexity index is 695. The van der Waals surface area contributed by atoms with Gasteiger partial charge in [0.15, 0.2) is 5.13 Å². The second kappa shape index (κ2) is 7.65. The molecule has 3 rings (SSSR count). The predicted octanol–water partition coefficient (Wildman–Crippen LogP) is 2.10. The van der Waals surface area contributed by atoms with Gasteiger partial charge in [0, 0.05) is 31.1 Å². The summed E-state index contributed by atoms with van der Waals surface area (Å²) in [6, 6.07) is -0.0939. The summed E-state index contributed by atoms with van der Waals surface area (Å²) in [6.45, 7) is 1.08. The lowest BCUT2D eigenvalue weighted by molar-refractivity contribution is 0.206. The molecule has 1 aliphatic rings. The third-order valence-electron chi connectivity index (χ3n) is 4.35. The van der Waals surface area contributed by atoms with E-state index in [9.17, 15) is 4.79 Å². The normalized spacial score (nSPS) is 14.0. The second-order valence-corrected chi connectivity index (χ2v) is 7.09. The van der Waals surface area contributed by atoms with Gasteiger partial charge in [0.1, 0.15) is 0 Å². The van der Waals surface area contributed by atoms with Crippen molar-refractivity contribution in [3.63, 3.8) is 0 Å². The molecule has 4 N–H and O–H groups in total. The maximum Gasteiger partial charge on any atom is 0.317 e. The number of nitrogen functional groups attached to an aromatic ring is 1. The van der Waals surface area contributed by atoms with E-state index in [2.05, 4.69) is 20.5 Å². The highest BCUT2D eigenvalue weighted by Gasteiger charge is 2.18. The molecule has 2 heterocycles. The van der Waals surface area contributed by atoms with Gasteiger partial charge in [0.05, 0.1) is 17.9 Å². The number of anilines is 1. The number of rotatable bonds is 5. The van der Waals surface area contributed by atoms with Crippen molar-refractivity contribution >= 4 is 22.5 Å². The smallest absolute Gasteiger partial charge is 0.317 e. The zero-order valence-corrected chi connectivity index (χ0v) is 14.8. The highest BCUT2D eigenvalue weighted by molar-refractivity contribution is 7.13. The number of aromatic nitrogens is 3. The van der Waals surface area contributed by atoms with Gasteiger partial charge >= 0.3 is 6.03 Å². The number of urea groups is 1. The Hall–Kier alpha value is -2.09. The Morgan fingerprint density at radius 2 is 2.25 bits per heavy atom. The molecule has 0 bridgehead atoms. The van der Waals surface area contributed by atoms with Gasteiger partial charge in [-0.15, -0.1) is 11.3 Å². The van der Waals surface area contributed by atoms with Gasteiger partial charge < -0.3 is 16.0 Å². The molecule has 1 aliphatic carbocycles. The van der Waals surface area contributed by atoms with Gasteiger partial charge in [-0.3, -0.25) is 5.10 Å². The number of carbonyl (C=O) groups is 1. The molecule has 0 radical (unpaired) electrons. The number of nitrogens with zero attached hydrogens (tertiary/aromatic N) is 3. The highest BCUT2D eigenvalue weighted by Crippen LogP contribution is 2.22. The minimum atomic E-state index is -0.0939. The van der Waals surface area contributed by atoms with Crippen LogP contribution in [0.3, 0.4) is 0 Å². The molecule has 0 spiro atoms. The van der Waals surface area contributed by atoms with Crippen molar-refractivity contribution in [2.24, 2.45) is 0 Å². The quantitative estimate of drug-likeness (QED) is 0.720. The largest absolute Gasteiger partial charge is 0.375 e. The van der Waals surface area contributed by atoms with E-state index in [1.165, 1.54) is 41.9 Å². The molecular weight excluding hydrogens is 324 g/mol. The fourth-order valence-corrected chi connectivity index (χ4v) is 3.62. The molecule has 0 aromatic carbocycles. The Kier molecular flexibility index (Phi) is 5.34. The van der Waals surface area contributed by atoms with E-state index < -0.39 is 0 Å². The number of fused-ring (bicyclic) bond motifs is 1. The number of nitrogens with two attached hydrogens (primary N) is 1. The van der Waals surface area contributed by atoms with E-state index in [1.54, 1.807) is 11.9 Å². The van der Waals surface area contributed by atoms with E-state index in [1.807, 2.05) is 5.38 Å². The van der Waals surface area contributed by atoms with Crippen LogP contribution in [0.15, 0.2) is 5.38 Å². The van der Waals surface area contributed by atoms with E-state index in [0.717, 1.165) is 24.2 Å². The van der Waals surface area contributed by atoms with Crippen LogP contribution in [-0.4, -0.2) is 39.7 Å². The van der Waals surface area contributed by atoms with Crippen LogP contribution < -0.4 is 11.1 Å². The summed E-state index contributed by atoms with van der Waals surface area (Å²) in [7, 11) is 1.80. The average molecular weight is 348 g/mol. The fraction of sp³-hybridized carbons (Fsp3) is 0.562. The first kappa shape index (κ1) is 16.8. The Morgan fingerprint density at radius 1 is 1.42 bits per heavy atom. The molecule has 2 aromatic rings. The first-order valence-corrected chi connectivity index (χ1v) is 9.25. The van der Waals surface area contributed by atoms with E-state index in [0.29, 0.717) is 24.6 Å². The van der Waals surface area contributed by atoms with Gasteiger partial charge in [-0.2, -0.15) is 5.10 Å². The van der Waals surface area contributed by atoms with Crippen molar-refractivity contribution < 1.29 is 4.79 Å². The maximum absolute atomic E-state index is 12.2. The van der Waals surface area contributed by atoms with Crippen molar-refractivity contribution in [1.29, 1.82) is 0 Å². The topological polar surface area (TPSA) is 99.9 Å². The number of hydrogen-bond acceptors (Lipinski definition) is 5. The number of hydrogen-bond donors (Lipinski definition) is 3. The zero-order valence-electron chi connectivity index (χ0n) is 14.0. The Balaban J connectivity index is 1.50. The summed E-state index contributed by atoms with van der Waals surface area (Å²) in [5.74, 6) is 0. The lowest BCUT2D eigenvalue weighted by Gasteiger charge is -2.17. The molecule has 8 heteroatoms. The first-order valence-electron chi connectivity index (χ1n) is 8.37. The second-order valence-electron chi connectivity index (χ2n) is 6.20. The van der Waals surface area contributed by atoms with E-state index in [4.69, 9.17) is 5.73 Å². The summed E-state index contributed by atoms with van der Waals surface area (Å²) < 4.78 is 0. The molecule has 0 aliphatic heterocycles. The van der Waals surface area contributed by atoms with Crippen LogP contribution in [-0.2, 0) is 25.8 Å². The third kappa shape index (κ3) is 4.05. The number of H-pyrrole nitrogens is 1. The minimum Gasteiger partial charge on any atom is -0.375 e. The molecule has 7 nitrogen and oxygen atoms in total. The third-order valence-corrected chi connectivity index (χ3v) is 5.08. The van der Waals surface area contributed by atoms with Crippen LogP contribution in [0.5, 0.6) is 0 Å². The number of carbonyl (C=O) groups excluding carboxylic acids is 1. The Labute approximate surface area is 145 Å². The van der Waals surface area contributed by atoms with E-state index >= 15 is 0 Å². The van der Waals surface area contributed by atoms with Crippen molar-refractivity contribution in [1.82, 2.24) is 25.4 Å². The monoisotopic (exact) mass is 348 g/mol. The predicted molar refractivity (Wildman–Crippen MR) is 94.9 cm³/mol. The number of aromatic amines is 1. The summed E-state index contributed by atoms with van der Waals surface area (Å²) in [5, 5.41) is 13.0. The number of nitrogens with one attached hydrogen (secondary N) is 2. The Morgan fingerprint density at radius 3 is 3.04 bits per heavy atom. The van der Waals surface area contributed by atoms with Gasteiger partial charge in [-0.1, -0.05) is 6.42 Å². The van der Waals surface area contributed by atoms with Crippen molar-refractivity contribution in [2.75, 3.05) is 19.3 Å². The molecule has 2 amide bonds. The van der Waals surface area contributed by atoms with Gasteiger partial charge in [-0.25, -0.2) is 9.78 Å². The molecule has 24 heavy (non-hydrogen) atoms. The van der Waals surface area contributed by atoms with E-state index in [-0.39, 0.29) is 6.03 Å². The fourth-order valence-electron chi connectivity index (χ4n) is 3.02. The van der Waals surface area contributed by atoms with Crippen LogP contribution in [0.1, 0.15) is 41.9 Å². The molecule has 130 valence electrons. The van der Waals surface area contributed by atoms with Crippen LogP contribution in [0, 0.1) is 0 Å². The number of thiazole rings is 1. The minimum absolute atomic E-state index is 0.0939. The number of amides is 2. The molecule has 0 atom stereocenters. The summed E-state index contributed by atoms with van der Waals surface area (Å²) in [6.07, 6.45) is 6.49. The maximum atomic E-state index is 12.2. The van der Waals surface area contributed by atoms with Crippen LogP contribution in [0.4, 0.5) is 9.93 Å². The number of aryl methyl sites for hydroxylation is 1. The summed E-state index contributed by atoms with van der Waals surface area (Å²) >= 11 is 1.42. The van der Waals surface area contributed by atoms with Crippen molar-refractivity contribution in [3.05, 3.63) is 28.0 Å². The summed E-state index contributed by atoms with van der Waals surface area (Å²) in [5.41, 5.74) is 10.1. The first-order chi connectivity index (χ1) is 11.6. The SMILES string of the molecule is CN(Cc1n[nH]c2c1CCCCC2)C(=O)NCCc1csc(N)n1. The van der Waals surface area contributed by atoms with Crippen LogP contribution in [0.25, 0.3) is 0 Å². The molecule has 0 saturated heterocycles. The van der Waals surface area contributed by atoms with Gasteiger partial charge in [0.2, 0.25) is 0 Å². The summed E-state index contributed by atoms with van der Waals surface area (Å²) in [4.78, 5) is 18.1. The van der Waals surface area contributed by atoms with Crippen LogP contribution in [0.2, 0.25) is 0 Å². The lowest BCUT2D eigenvalue weighted by Crippen LogP contribution is -2.38. The zero-order chi connectivity index (χ0) is 16.9. The molecule has 0 unspecified atom stereocenters. The van der Waals surface area contributed by atoms with Gasteiger partial charge in [0.25, 0.3) is 0 Å². The highest BCUT2D eigenvalue weighted by atomic mass is 32.1. The van der Waals surface area contributed by atoms with Crippen LogP contribution >= 0.6 is 11.3 Å². The van der Waals surface area contributed by atoms with Crippen molar-refractivity contribution in [2.45, 2.75) is 45.1 Å². The lowest BCUT2D eigenvalue weighted by atomic mass is 10.1. The van der Waals surface area contributed by atoms with Crippen molar-refractivity contribution in [3.8, 4) is 0 Å². The van der Waals surface area contributed by atoms with Gasteiger partial charge in [-0.05, 0) is 31.2 Å². The molecular formula is C16H24N6OS. The molecule has 0 fully saturated rings. The average Bonchev–Trinajstić information content (AvgIpc) is 3.06. The molecule has 2 aromatic heterocycles.